The number of ether oxygens (including phenoxy) is 1. The number of hydrogen-bond donors (Lipinski definition) is 0. The summed E-state index contributed by atoms with van der Waals surface area (Å²) >= 11 is 25.1. The summed E-state index contributed by atoms with van der Waals surface area (Å²) in [7, 11) is 0. The van der Waals surface area contributed by atoms with Crippen LogP contribution in [0.15, 0.2) is 65.6 Å². The molecule has 0 aliphatic carbocycles. The number of benzene rings is 3. The first kappa shape index (κ1) is 24.6. The topological polar surface area (TPSA) is 63.7 Å². The van der Waals surface area contributed by atoms with Gasteiger partial charge in [0.25, 0.3) is 11.1 Å². The Kier molecular flexibility index (Phi) is 7.55. The van der Waals surface area contributed by atoms with Crippen molar-refractivity contribution < 1.29 is 19.1 Å². The van der Waals surface area contributed by atoms with Gasteiger partial charge in [0.2, 0.25) is 0 Å². The van der Waals surface area contributed by atoms with Crippen LogP contribution in [0.4, 0.5) is 4.79 Å². The van der Waals surface area contributed by atoms with Crippen LogP contribution in [-0.4, -0.2) is 22.0 Å². The highest BCUT2D eigenvalue weighted by atomic mass is 35.5. The molecule has 2 amide bonds. The molecule has 0 spiro atoms. The summed E-state index contributed by atoms with van der Waals surface area (Å²) < 4.78 is 5.51. The molecule has 4 rings (SSSR count). The minimum absolute atomic E-state index is 0.0633. The normalized spacial score (nSPS) is 14.7. The van der Waals surface area contributed by atoms with Crippen molar-refractivity contribution in [2.24, 2.45) is 0 Å². The van der Waals surface area contributed by atoms with Gasteiger partial charge in [0.05, 0.1) is 22.0 Å². The number of imide groups is 1. The zero-order valence-electron chi connectivity index (χ0n) is 17.1. The molecule has 0 saturated carbocycles. The van der Waals surface area contributed by atoms with Crippen molar-refractivity contribution in [1.29, 1.82) is 0 Å². The molecular weight excluding hydrogens is 540 g/mol. The SMILES string of the molecule is O=C(Oc1ccccc1/C=C1\SC(=O)N(Cc2c(Cl)cccc2Cl)C1=O)c1ccc(Cl)cc1Cl. The predicted molar refractivity (Wildman–Crippen MR) is 136 cm³/mol. The number of amides is 2. The lowest BCUT2D eigenvalue weighted by Gasteiger charge is -2.14. The first-order valence-electron chi connectivity index (χ1n) is 9.69. The van der Waals surface area contributed by atoms with Gasteiger partial charge in [-0.3, -0.25) is 14.5 Å². The molecule has 1 fully saturated rings. The lowest BCUT2D eigenvalue weighted by molar-refractivity contribution is -0.123. The summed E-state index contributed by atoms with van der Waals surface area (Å²) in [6.07, 6.45) is 1.49. The van der Waals surface area contributed by atoms with Crippen molar-refractivity contribution in [3.63, 3.8) is 0 Å². The maximum Gasteiger partial charge on any atom is 0.345 e. The molecule has 0 N–H and O–H groups in total. The highest BCUT2D eigenvalue weighted by molar-refractivity contribution is 8.18. The van der Waals surface area contributed by atoms with Gasteiger partial charge in [-0.05, 0) is 54.2 Å². The predicted octanol–water partition coefficient (Wildman–Crippen LogP) is 7.76. The number of carbonyl (C=O) groups is 3. The standard InChI is InChI=1S/C24H13Cl4NO4S/c25-14-8-9-15(19(28)11-14)23(31)33-20-7-2-1-4-13(20)10-21-22(30)29(24(32)34-21)12-16-17(26)5-3-6-18(16)27/h1-11H,12H2/b21-10-. The Bertz CT molecular complexity index is 1340. The maximum absolute atomic E-state index is 13.0. The Labute approximate surface area is 219 Å². The van der Waals surface area contributed by atoms with Gasteiger partial charge < -0.3 is 4.74 Å². The molecule has 0 atom stereocenters. The first-order chi connectivity index (χ1) is 16.2. The lowest BCUT2D eigenvalue weighted by Crippen LogP contribution is -2.27. The number of rotatable bonds is 5. The third-order valence-electron chi connectivity index (χ3n) is 4.81. The Morgan fingerprint density at radius 2 is 1.62 bits per heavy atom. The number of nitrogens with zero attached hydrogens (tertiary/aromatic N) is 1. The number of carbonyl (C=O) groups excluding carboxylic acids is 3. The van der Waals surface area contributed by atoms with Crippen LogP contribution in [0, 0.1) is 0 Å². The highest BCUT2D eigenvalue weighted by Crippen LogP contribution is 2.37. The van der Waals surface area contributed by atoms with Crippen LogP contribution in [0.3, 0.4) is 0 Å². The molecule has 34 heavy (non-hydrogen) atoms. The van der Waals surface area contributed by atoms with Crippen molar-refractivity contribution in [2.75, 3.05) is 0 Å². The number of esters is 1. The van der Waals surface area contributed by atoms with Crippen LogP contribution in [0.25, 0.3) is 6.08 Å². The minimum Gasteiger partial charge on any atom is -0.422 e. The Morgan fingerprint density at radius 1 is 0.912 bits per heavy atom. The number of halogens is 4. The van der Waals surface area contributed by atoms with Crippen molar-refractivity contribution >= 4 is 81.4 Å². The monoisotopic (exact) mass is 551 g/mol. The molecule has 1 heterocycles. The van der Waals surface area contributed by atoms with Crippen molar-refractivity contribution in [3.05, 3.63) is 102 Å². The maximum atomic E-state index is 13.0. The van der Waals surface area contributed by atoms with E-state index in [1.165, 1.54) is 24.3 Å². The molecule has 3 aromatic rings. The largest absolute Gasteiger partial charge is 0.422 e. The van der Waals surface area contributed by atoms with Gasteiger partial charge in [-0.15, -0.1) is 0 Å². The minimum atomic E-state index is -0.691. The summed E-state index contributed by atoms with van der Waals surface area (Å²) in [6.45, 7) is -0.0633. The van der Waals surface area contributed by atoms with Crippen LogP contribution in [0.1, 0.15) is 21.5 Å². The molecule has 0 radical (unpaired) electrons. The molecule has 5 nitrogen and oxygen atoms in total. The zero-order valence-corrected chi connectivity index (χ0v) is 20.9. The Hall–Kier alpha value is -2.48. The summed E-state index contributed by atoms with van der Waals surface area (Å²) in [5, 5.41) is 0.780. The number of thioether (sulfide) groups is 1. The van der Waals surface area contributed by atoms with E-state index in [0.717, 1.165) is 16.7 Å². The zero-order chi connectivity index (χ0) is 24.4. The molecule has 3 aromatic carbocycles. The van der Waals surface area contributed by atoms with Crippen molar-refractivity contribution in [3.8, 4) is 5.75 Å². The summed E-state index contributed by atoms with van der Waals surface area (Å²) in [5.74, 6) is -1.00. The number of para-hydroxylation sites is 1. The lowest BCUT2D eigenvalue weighted by atomic mass is 10.1. The van der Waals surface area contributed by atoms with Crippen molar-refractivity contribution in [1.82, 2.24) is 4.90 Å². The van der Waals surface area contributed by atoms with E-state index >= 15 is 0 Å². The van der Waals surface area contributed by atoms with Crippen LogP contribution < -0.4 is 4.74 Å². The fraction of sp³-hybridized carbons (Fsp3) is 0.0417. The fourth-order valence-corrected chi connectivity index (χ4v) is 4.95. The van der Waals surface area contributed by atoms with E-state index in [9.17, 15) is 14.4 Å². The van der Waals surface area contributed by atoms with Gasteiger partial charge in [0, 0.05) is 26.2 Å². The first-order valence-corrected chi connectivity index (χ1v) is 12.0. The van der Waals surface area contributed by atoms with Gasteiger partial charge in [-0.25, -0.2) is 4.79 Å². The second-order valence-electron chi connectivity index (χ2n) is 7.02. The number of hydrogen-bond acceptors (Lipinski definition) is 5. The average Bonchev–Trinajstić information content (AvgIpc) is 3.04. The molecule has 0 unspecified atom stereocenters. The molecule has 0 bridgehead atoms. The quantitative estimate of drug-likeness (QED) is 0.184. The summed E-state index contributed by atoms with van der Waals surface area (Å²) in [5.41, 5.74) is 1.04. The van der Waals surface area contributed by atoms with E-state index in [0.29, 0.717) is 26.2 Å². The van der Waals surface area contributed by atoms with Crippen LogP contribution in [0.2, 0.25) is 20.1 Å². The van der Waals surface area contributed by atoms with E-state index in [4.69, 9.17) is 51.1 Å². The smallest absolute Gasteiger partial charge is 0.345 e. The highest BCUT2D eigenvalue weighted by Gasteiger charge is 2.36. The van der Waals surface area contributed by atoms with Crippen LogP contribution >= 0.6 is 58.2 Å². The fourth-order valence-electron chi connectivity index (χ4n) is 3.12. The molecule has 1 saturated heterocycles. The summed E-state index contributed by atoms with van der Waals surface area (Å²) in [4.78, 5) is 39.4. The molecule has 10 heteroatoms. The van der Waals surface area contributed by atoms with Gasteiger partial charge in [-0.2, -0.15) is 0 Å². The Morgan fingerprint density at radius 3 is 2.32 bits per heavy atom. The molecule has 0 aromatic heterocycles. The second kappa shape index (κ2) is 10.4. The third-order valence-corrected chi connectivity index (χ3v) is 6.97. The third kappa shape index (κ3) is 5.27. The van der Waals surface area contributed by atoms with Crippen LogP contribution in [0.5, 0.6) is 5.75 Å². The van der Waals surface area contributed by atoms with Gasteiger partial charge >= 0.3 is 5.97 Å². The molecule has 1 aliphatic heterocycles. The Balaban J connectivity index is 1.58. The van der Waals surface area contributed by atoms with E-state index in [1.807, 2.05) is 0 Å². The van der Waals surface area contributed by atoms with E-state index in [2.05, 4.69) is 0 Å². The van der Waals surface area contributed by atoms with Gasteiger partial charge in [0.1, 0.15) is 5.75 Å². The van der Waals surface area contributed by atoms with Crippen LogP contribution in [-0.2, 0) is 11.3 Å². The molecule has 1 aliphatic rings. The second-order valence-corrected chi connectivity index (χ2v) is 9.67. The van der Waals surface area contributed by atoms with Crippen molar-refractivity contribution in [2.45, 2.75) is 6.54 Å². The molecular formula is C24H13Cl4NO4S. The van der Waals surface area contributed by atoms with E-state index in [-0.39, 0.29) is 27.8 Å². The van der Waals surface area contributed by atoms with Gasteiger partial charge in [0.15, 0.2) is 0 Å². The summed E-state index contributed by atoms with van der Waals surface area (Å²) in [6, 6.07) is 16.0. The van der Waals surface area contributed by atoms with Gasteiger partial charge in [-0.1, -0.05) is 70.7 Å². The van der Waals surface area contributed by atoms with E-state index < -0.39 is 17.1 Å². The van der Waals surface area contributed by atoms with E-state index in [1.54, 1.807) is 42.5 Å². The molecule has 172 valence electrons. The average molecular weight is 553 g/mol.